The molecule has 0 spiro atoms. The van der Waals surface area contributed by atoms with Crippen molar-refractivity contribution in [2.24, 2.45) is 0 Å². The van der Waals surface area contributed by atoms with Crippen LogP contribution in [0.2, 0.25) is 0 Å². The number of fused-ring (bicyclic) bond motifs is 1. The molecule has 8 nitrogen and oxygen atoms in total. The maximum absolute atomic E-state index is 13.1. The van der Waals surface area contributed by atoms with E-state index < -0.39 is 5.82 Å². The van der Waals surface area contributed by atoms with Gasteiger partial charge in [-0.3, -0.25) is 9.48 Å². The zero-order valence-corrected chi connectivity index (χ0v) is 14.4. The van der Waals surface area contributed by atoms with E-state index >= 15 is 0 Å². The summed E-state index contributed by atoms with van der Waals surface area (Å²) in [5.74, 6) is -0.0184. The third kappa shape index (κ3) is 3.67. The molecule has 0 aromatic carbocycles. The summed E-state index contributed by atoms with van der Waals surface area (Å²) in [5.41, 5.74) is 0.995. The Bertz CT molecular complexity index is 759. The Morgan fingerprint density at radius 2 is 2.00 bits per heavy atom. The molecule has 4 rings (SSSR count). The molecule has 1 unspecified atom stereocenters. The Labute approximate surface area is 150 Å². The SMILES string of the molecule is O=C(COC1CN(c2ncc(F)cn2)Cc2ccnn2C1)N1CCCC1. The minimum atomic E-state index is -0.474. The number of anilines is 1. The number of hydrogen-bond donors (Lipinski definition) is 0. The fraction of sp³-hybridized carbons (Fsp3) is 0.529. The lowest BCUT2D eigenvalue weighted by Gasteiger charge is -2.24. The van der Waals surface area contributed by atoms with Crippen LogP contribution in [0.1, 0.15) is 18.5 Å². The van der Waals surface area contributed by atoms with Gasteiger partial charge in [-0.2, -0.15) is 5.10 Å². The van der Waals surface area contributed by atoms with Crippen molar-refractivity contribution in [3.05, 3.63) is 36.2 Å². The van der Waals surface area contributed by atoms with Gasteiger partial charge in [-0.05, 0) is 18.9 Å². The standard InChI is InChI=1S/C17H21FN6O2/c18-13-7-19-17(20-8-13)23-9-14-3-4-21-24(14)11-15(10-23)26-12-16(25)22-5-1-2-6-22/h3-4,7-8,15H,1-2,5-6,9-12H2. The topological polar surface area (TPSA) is 76.4 Å². The van der Waals surface area contributed by atoms with Crippen LogP contribution in [0.4, 0.5) is 10.3 Å². The zero-order valence-electron chi connectivity index (χ0n) is 14.4. The third-order valence-electron chi connectivity index (χ3n) is 4.75. The first kappa shape index (κ1) is 16.9. The van der Waals surface area contributed by atoms with Crippen molar-refractivity contribution in [3.63, 3.8) is 0 Å². The highest BCUT2D eigenvalue weighted by Crippen LogP contribution is 2.18. The van der Waals surface area contributed by atoms with E-state index in [9.17, 15) is 9.18 Å². The molecular weight excluding hydrogens is 339 g/mol. The molecule has 2 aromatic rings. The molecule has 4 heterocycles. The van der Waals surface area contributed by atoms with E-state index in [0.717, 1.165) is 44.0 Å². The van der Waals surface area contributed by atoms with Crippen molar-refractivity contribution in [3.8, 4) is 0 Å². The van der Waals surface area contributed by atoms with Gasteiger partial charge in [-0.25, -0.2) is 14.4 Å². The van der Waals surface area contributed by atoms with E-state index in [-0.39, 0.29) is 18.6 Å². The van der Waals surface area contributed by atoms with Gasteiger partial charge in [0.25, 0.3) is 0 Å². The summed E-state index contributed by atoms with van der Waals surface area (Å²) in [6.07, 6.45) is 5.91. The lowest BCUT2D eigenvalue weighted by atomic mass is 10.3. The van der Waals surface area contributed by atoms with Crippen LogP contribution in [0.5, 0.6) is 0 Å². The highest BCUT2D eigenvalue weighted by molar-refractivity contribution is 5.77. The van der Waals surface area contributed by atoms with Gasteiger partial charge >= 0.3 is 0 Å². The van der Waals surface area contributed by atoms with Crippen LogP contribution in [0.25, 0.3) is 0 Å². The van der Waals surface area contributed by atoms with Crippen LogP contribution < -0.4 is 4.90 Å². The number of halogens is 1. The first-order valence-electron chi connectivity index (χ1n) is 8.81. The second-order valence-electron chi connectivity index (χ2n) is 6.61. The van der Waals surface area contributed by atoms with E-state index in [0.29, 0.717) is 25.6 Å². The van der Waals surface area contributed by atoms with Crippen molar-refractivity contribution in [2.75, 3.05) is 31.1 Å². The Morgan fingerprint density at radius 1 is 1.23 bits per heavy atom. The van der Waals surface area contributed by atoms with Crippen LogP contribution >= 0.6 is 0 Å². The molecular formula is C17H21FN6O2. The van der Waals surface area contributed by atoms with Crippen molar-refractivity contribution in [2.45, 2.75) is 32.0 Å². The molecule has 1 saturated heterocycles. The average Bonchev–Trinajstić information content (AvgIpc) is 3.29. The van der Waals surface area contributed by atoms with Crippen LogP contribution in [0.15, 0.2) is 24.7 Å². The summed E-state index contributed by atoms with van der Waals surface area (Å²) in [5, 5.41) is 4.33. The number of likely N-dealkylation sites (tertiary alicyclic amines) is 1. The molecule has 2 aliphatic rings. The number of ether oxygens (including phenoxy) is 1. The molecule has 9 heteroatoms. The largest absolute Gasteiger partial charge is 0.365 e. The smallest absolute Gasteiger partial charge is 0.248 e. The van der Waals surface area contributed by atoms with Crippen LogP contribution in [-0.4, -0.2) is 62.9 Å². The Morgan fingerprint density at radius 3 is 2.77 bits per heavy atom. The molecule has 0 bridgehead atoms. The minimum absolute atomic E-state index is 0.0250. The molecule has 138 valence electrons. The summed E-state index contributed by atoms with van der Waals surface area (Å²) in [4.78, 5) is 24.2. The van der Waals surface area contributed by atoms with Gasteiger partial charge in [-0.15, -0.1) is 0 Å². The van der Waals surface area contributed by atoms with Crippen LogP contribution in [0.3, 0.4) is 0 Å². The fourth-order valence-corrected chi connectivity index (χ4v) is 3.39. The molecule has 1 atom stereocenters. The molecule has 0 saturated carbocycles. The van der Waals surface area contributed by atoms with E-state index in [1.807, 2.05) is 20.5 Å². The minimum Gasteiger partial charge on any atom is -0.365 e. The summed E-state index contributed by atoms with van der Waals surface area (Å²) in [7, 11) is 0. The van der Waals surface area contributed by atoms with E-state index in [2.05, 4.69) is 15.1 Å². The first-order valence-corrected chi connectivity index (χ1v) is 8.81. The van der Waals surface area contributed by atoms with Crippen LogP contribution in [-0.2, 0) is 22.6 Å². The number of amides is 1. The van der Waals surface area contributed by atoms with Crippen molar-refractivity contribution >= 4 is 11.9 Å². The summed E-state index contributed by atoms with van der Waals surface area (Å²) >= 11 is 0. The summed E-state index contributed by atoms with van der Waals surface area (Å²) < 4.78 is 20.9. The number of carbonyl (C=O) groups is 1. The number of nitrogens with zero attached hydrogens (tertiary/aromatic N) is 6. The Balaban J connectivity index is 1.47. The van der Waals surface area contributed by atoms with Gasteiger partial charge in [0.2, 0.25) is 11.9 Å². The number of carbonyl (C=O) groups excluding carboxylic acids is 1. The number of aromatic nitrogens is 4. The normalized spacial score (nSPS) is 20.1. The lowest BCUT2D eigenvalue weighted by Crippen LogP contribution is -2.38. The molecule has 1 fully saturated rings. The zero-order chi connectivity index (χ0) is 17.9. The predicted molar refractivity (Wildman–Crippen MR) is 90.8 cm³/mol. The van der Waals surface area contributed by atoms with Crippen LogP contribution in [0, 0.1) is 5.82 Å². The monoisotopic (exact) mass is 360 g/mol. The van der Waals surface area contributed by atoms with Crippen molar-refractivity contribution in [1.82, 2.24) is 24.6 Å². The summed E-state index contributed by atoms with van der Waals surface area (Å²) in [6.45, 7) is 3.28. The van der Waals surface area contributed by atoms with E-state index in [1.54, 1.807) is 6.20 Å². The maximum Gasteiger partial charge on any atom is 0.248 e. The molecule has 1 amide bonds. The lowest BCUT2D eigenvalue weighted by molar-refractivity contribution is -0.137. The second-order valence-corrected chi connectivity index (χ2v) is 6.61. The maximum atomic E-state index is 13.1. The van der Waals surface area contributed by atoms with Gasteiger partial charge < -0.3 is 14.5 Å². The quantitative estimate of drug-likeness (QED) is 0.804. The number of hydrogen-bond acceptors (Lipinski definition) is 6. The van der Waals surface area contributed by atoms with E-state index in [1.165, 1.54) is 0 Å². The van der Waals surface area contributed by atoms with Gasteiger partial charge in [0, 0.05) is 25.8 Å². The van der Waals surface area contributed by atoms with Gasteiger partial charge in [0.1, 0.15) is 6.61 Å². The van der Waals surface area contributed by atoms with Gasteiger partial charge in [-0.1, -0.05) is 0 Å². The Kier molecular flexibility index (Phi) is 4.79. The van der Waals surface area contributed by atoms with Gasteiger partial charge in [0.15, 0.2) is 5.82 Å². The predicted octanol–water partition coefficient (Wildman–Crippen LogP) is 0.840. The molecule has 2 aliphatic heterocycles. The molecule has 26 heavy (non-hydrogen) atoms. The highest BCUT2D eigenvalue weighted by Gasteiger charge is 2.26. The van der Waals surface area contributed by atoms with Crippen molar-refractivity contribution < 1.29 is 13.9 Å². The highest BCUT2D eigenvalue weighted by atomic mass is 19.1. The van der Waals surface area contributed by atoms with Crippen molar-refractivity contribution in [1.29, 1.82) is 0 Å². The first-order chi connectivity index (χ1) is 12.7. The second kappa shape index (κ2) is 7.36. The third-order valence-corrected chi connectivity index (χ3v) is 4.75. The fourth-order valence-electron chi connectivity index (χ4n) is 3.39. The average molecular weight is 360 g/mol. The summed E-state index contributed by atoms with van der Waals surface area (Å²) in [6, 6.07) is 1.92. The van der Waals surface area contributed by atoms with Gasteiger partial charge in [0.05, 0.1) is 37.3 Å². The van der Waals surface area contributed by atoms with E-state index in [4.69, 9.17) is 4.74 Å². The molecule has 0 N–H and O–H groups in total. The molecule has 2 aromatic heterocycles. The number of rotatable bonds is 4. The molecule has 0 radical (unpaired) electrons. The Hall–Kier alpha value is -2.55. The molecule has 0 aliphatic carbocycles.